The fraction of sp³-hybridized carbons (Fsp3) is 0.500. The van der Waals surface area contributed by atoms with E-state index < -0.39 is 11.1 Å². The van der Waals surface area contributed by atoms with Crippen molar-refractivity contribution in [3.8, 4) is 0 Å². The van der Waals surface area contributed by atoms with Gasteiger partial charge in [-0.05, 0) is 31.9 Å². The maximum Gasteiger partial charge on any atom is 0.189 e. The van der Waals surface area contributed by atoms with E-state index in [0.29, 0.717) is 24.2 Å². The van der Waals surface area contributed by atoms with E-state index in [0.717, 1.165) is 18.4 Å². The van der Waals surface area contributed by atoms with Crippen LogP contribution in [0, 0.1) is 6.92 Å². The minimum atomic E-state index is -1.37. The first-order chi connectivity index (χ1) is 7.75. The third-order valence-corrected chi connectivity index (χ3v) is 3.40. The average Bonchev–Trinajstić information content (AvgIpc) is 3.09. The highest BCUT2D eigenvalue weighted by Gasteiger charge is 2.21. The van der Waals surface area contributed by atoms with Crippen LogP contribution in [0.15, 0.2) is 29.2 Å². The van der Waals surface area contributed by atoms with Crippen molar-refractivity contribution in [3.63, 3.8) is 0 Å². The van der Waals surface area contributed by atoms with Crippen LogP contribution in [0.25, 0.3) is 0 Å². The van der Waals surface area contributed by atoms with Crippen LogP contribution >= 0.6 is 0 Å². The van der Waals surface area contributed by atoms with Crippen LogP contribution in [0.5, 0.6) is 0 Å². The Hall–Kier alpha value is -0.710. The summed E-state index contributed by atoms with van der Waals surface area (Å²) in [5.74, 6) is 0. The fourth-order valence-electron chi connectivity index (χ4n) is 1.28. The Bertz CT molecular complexity index is 357. The fourth-order valence-corrected chi connectivity index (χ4v) is 1.99. The van der Waals surface area contributed by atoms with Gasteiger partial charge < -0.3 is 4.74 Å². The van der Waals surface area contributed by atoms with Gasteiger partial charge in [0.2, 0.25) is 0 Å². The lowest BCUT2D eigenvalue weighted by Crippen LogP contribution is -2.07. The molecule has 0 N–H and O–H groups in total. The lowest BCUT2D eigenvalue weighted by Gasteiger charge is -2.04. The highest BCUT2D eigenvalue weighted by atomic mass is 32.2. The van der Waals surface area contributed by atoms with Crippen molar-refractivity contribution < 1.29 is 13.1 Å². The second kappa shape index (κ2) is 5.57. The molecule has 0 radical (unpaired) electrons. The monoisotopic (exact) mass is 240 g/mol. The molecule has 0 saturated heterocycles. The van der Waals surface area contributed by atoms with E-state index in [1.807, 2.05) is 31.2 Å². The van der Waals surface area contributed by atoms with Gasteiger partial charge in [0.15, 0.2) is 11.1 Å². The molecule has 1 aromatic carbocycles. The molecule has 0 aliphatic heterocycles. The van der Waals surface area contributed by atoms with Crippen LogP contribution in [-0.2, 0) is 20.0 Å². The van der Waals surface area contributed by atoms with Crippen molar-refractivity contribution in [2.45, 2.75) is 30.8 Å². The molecule has 1 aliphatic carbocycles. The van der Waals surface area contributed by atoms with E-state index in [1.54, 1.807) is 0 Å². The molecular formula is C12H16O3S. The normalized spacial score (nSPS) is 17.3. The van der Waals surface area contributed by atoms with E-state index >= 15 is 0 Å². The second-order valence-electron chi connectivity index (χ2n) is 3.94. The first-order valence-corrected chi connectivity index (χ1v) is 6.56. The highest BCUT2D eigenvalue weighted by Crippen LogP contribution is 2.23. The molecule has 2 rings (SSSR count). The lowest BCUT2D eigenvalue weighted by atomic mass is 10.2. The summed E-state index contributed by atoms with van der Waals surface area (Å²) in [5.41, 5.74) is 1.15. The maximum absolute atomic E-state index is 11.6. The summed E-state index contributed by atoms with van der Waals surface area (Å²) in [6.07, 6.45) is 2.73. The third-order valence-electron chi connectivity index (χ3n) is 2.37. The summed E-state index contributed by atoms with van der Waals surface area (Å²) in [6, 6.07) is 7.51. The average molecular weight is 240 g/mol. The highest BCUT2D eigenvalue weighted by molar-refractivity contribution is 7.80. The van der Waals surface area contributed by atoms with Crippen molar-refractivity contribution in [1.82, 2.24) is 0 Å². The van der Waals surface area contributed by atoms with Gasteiger partial charge in [-0.3, -0.25) is 4.18 Å². The number of hydrogen-bond acceptors (Lipinski definition) is 3. The molecule has 0 spiro atoms. The van der Waals surface area contributed by atoms with Crippen LogP contribution in [-0.4, -0.2) is 23.5 Å². The molecule has 1 fully saturated rings. The van der Waals surface area contributed by atoms with E-state index in [2.05, 4.69) is 0 Å². The van der Waals surface area contributed by atoms with E-state index in [-0.39, 0.29) is 0 Å². The number of rotatable bonds is 6. The predicted molar refractivity (Wildman–Crippen MR) is 62.5 cm³/mol. The molecule has 0 amide bonds. The number of hydrogen-bond donors (Lipinski definition) is 0. The van der Waals surface area contributed by atoms with Crippen LogP contribution in [0.2, 0.25) is 0 Å². The van der Waals surface area contributed by atoms with Gasteiger partial charge in [-0.25, -0.2) is 4.21 Å². The first kappa shape index (κ1) is 11.8. The second-order valence-corrected chi connectivity index (χ2v) is 5.12. The van der Waals surface area contributed by atoms with Gasteiger partial charge in [0, 0.05) is 0 Å². The zero-order valence-electron chi connectivity index (χ0n) is 9.35. The van der Waals surface area contributed by atoms with E-state index in [9.17, 15) is 4.21 Å². The third kappa shape index (κ3) is 3.70. The Morgan fingerprint density at radius 3 is 2.56 bits per heavy atom. The zero-order chi connectivity index (χ0) is 11.4. The molecule has 1 atom stereocenters. The molecule has 0 heterocycles. The molecule has 1 unspecified atom stereocenters. The van der Waals surface area contributed by atoms with Crippen molar-refractivity contribution in [3.05, 3.63) is 29.8 Å². The SMILES string of the molecule is Cc1ccc(S(=O)OCCOC2CC2)cc1. The Morgan fingerprint density at radius 2 is 1.94 bits per heavy atom. The van der Waals surface area contributed by atoms with Crippen LogP contribution in [0.3, 0.4) is 0 Å². The smallest absolute Gasteiger partial charge is 0.189 e. The molecule has 3 nitrogen and oxygen atoms in total. The lowest BCUT2D eigenvalue weighted by molar-refractivity contribution is 0.0921. The van der Waals surface area contributed by atoms with Gasteiger partial charge in [0.1, 0.15) is 0 Å². The van der Waals surface area contributed by atoms with Gasteiger partial charge >= 0.3 is 0 Å². The number of benzene rings is 1. The van der Waals surface area contributed by atoms with Gasteiger partial charge in [-0.2, -0.15) is 0 Å². The standard InChI is InChI=1S/C12H16O3S/c1-10-2-6-12(7-3-10)16(13)15-9-8-14-11-4-5-11/h2-3,6-7,11H,4-5,8-9H2,1H3. The Morgan fingerprint density at radius 1 is 1.25 bits per heavy atom. The van der Waals surface area contributed by atoms with Crippen LogP contribution in [0.4, 0.5) is 0 Å². The summed E-state index contributed by atoms with van der Waals surface area (Å²) in [6.45, 7) is 2.91. The van der Waals surface area contributed by atoms with Crippen molar-refractivity contribution >= 4 is 11.1 Å². The molecule has 1 saturated carbocycles. The molecule has 1 aromatic rings. The Labute approximate surface area is 98.4 Å². The summed E-state index contributed by atoms with van der Waals surface area (Å²) < 4.78 is 22.2. The molecular weight excluding hydrogens is 224 g/mol. The zero-order valence-corrected chi connectivity index (χ0v) is 10.2. The maximum atomic E-state index is 11.6. The number of aryl methyl sites for hydroxylation is 1. The van der Waals surface area contributed by atoms with Crippen LogP contribution < -0.4 is 0 Å². The Balaban J connectivity index is 1.71. The molecule has 0 bridgehead atoms. The summed E-state index contributed by atoms with van der Waals surface area (Å²) in [4.78, 5) is 0.706. The van der Waals surface area contributed by atoms with E-state index in [1.165, 1.54) is 0 Å². The van der Waals surface area contributed by atoms with Crippen molar-refractivity contribution in [2.24, 2.45) is 0 Å². The molecule has 1 aliphatic rings. The summed E-state index contributed by atoms with van der Waals surface area (Å²) >= 11 is -1.37. The van der Waals surface area contributed by atoms with Crippen molar-refractivity contribution in [1.29, 1.82) is 0 Å². The van der Waals surface area contributed by atoms with Gasteiger partial charge in [-0.15, -0.1) is 0 Å². The molecule has 16 heavy (non-hydrogen) atoms. The summed E-state index contributed by atoms with van der Waals surface area (Å²) in [7, 11) is 0. The topological polar surface area (TPSA) is 35.5 Å². The van der Waals surface area contributed by atoms with E-state index in [4.69, 9.17) is 8.92 Å². The first-order valence-electron chi connectivity index (χ1n) is 5.49. The number of ether oxygens (including phenoxy) is 1. The summed E-state index contributed by atoms with van der Waals surface area (Å²) in [5, 5.41) is 0. The predicted octanol–water partition coefficient (Wildman–Crippen LogP) is 2.21. The largest absolute Gasteiger partial charge is 0.376 e. The van der Waals surface area contributed by atoms with Crippen LogP contribution in [0.1, 0.15) is 18.4 Å². The van der Waals surface area contributed by atoms with Gasteiger partial charge in [0.25, 0.3) is 0 Å². The van der Waals surface area contributed by atoms with Crippen molar-refractivity contribution in [2.75, 3.05) is 13.2 Å². The Kier molecular flexibility index (Phi) is 4.09. The molecule has 4 heteroatoms. The minimum absolute atomic E-state index is 0.386. The molecule has 88 valence electrons. The van der Waals surface area contributed by atoms with Gasteiger partial charge in [-0.1, -0.05) is 17.7 Å². The van der Waals surface area contributed by atoms with Gasteiger partial charge in [0.05, 0.1) is 24.2 Å². The molecule has 0 aromatic heterocycles. The quantitative estimate of drug-likeness (QED) is 0.715. The minimum Gasteiger partial charge on any atom is -0.376 e.